The zero-order valence-electron chi connectivity index (χ0n) is 10.1. The molecule has 0 bridgehead atoms. The van der Waals surface area contributed by atoms with Crippen molar-refractivity contribution < 1.29 is 24.2 Å². The first-order chi connectivity index (χ1) is 8.54. The fourth-order valence-electron chi connectivity index (χ4n) is 1.63. The van der Waals surface area contributed by atoms with E-state index >= 15 is 0 Å². The van der Waals surface area contributed by atoms with E-state index in [9.17, 15) is 14.4 Å². The number of hydrogen-bond donors (Lipinski definition) is 3. The van der Waals surface area contributed by atoms with E-state index < -0.39 is 23.9 Å². The van der Waals surface area contributed by atoms with E-state index in [2.05, 4.69) is 10.6 Å². The quantitative estimate of drug-likeness (QED) is 0.574. The minimum Gasteiger partial charge on any atom is -0.480 e. The molecule has 1 saturated heterocycles. The van der Waals surface area contributed by atoms with E-state index in [1.807, 2.05) is 0 Å². The molecule has 1 atom stereocenters. The normalized spacial score (nSPS) is 20.2. The van der Waals surface area contributed by atoms with E-state index in [0.29, 0.717) is 13.2 Å². The van der Waals surface area contributed by atoms with Gasteiger partial charge in [-0.3, -0.25) is 19.8 Å². The Labute approximate surface area is 104 Å². The number of imide groups is 1. The van der Waals surface area contributed by atoms with E-state index in [4.69, 9.17) is 9.84 Å². The lowest BCUT2D eigenvalue weighted by molar-refractivity contribution is -0.150. The standard InChI is InChI=1S/C10H17N3O5/c1-11-10(17)12-8(14)2-3-13-4-5-18-6-7(13)9(15)16/h7H,2-6H2,1H3,(H,15,16)(H2,11,12,14,17). The molecule has 1 heterocycles. The van der Waals surface area contributed by atoms with Crippen molar-refractivity contribution >= 4 is 17.9 Å². The molecule has 0 aromatic heterocycles. The molecule has 0 aliphatic carbocycles. The highest BCUT2D eigenvalue weighted by Gasteiger charge is 2.29. The predicted octanol–water partition coefficient (Wildman–Crippen LogP) is -1.38. The highest BCUT2D eigenvalue weighted by Crippen LogP contribution is 2.07. The number of nitrogens with zero attached hydrogens (tertiary/aromatic N) is 1. The molecule has 102 valence electrons. The summed E-state index contributed by atoms with van der Waals surface area (Å²) in [7, 11) is 1.41. The van der Waals surface area contributed by atoms with Crippen molar-refractivity contribution in [2.75, 3.05) is 33.4 Å². The minimum atomic E-state index is -0.971. The number of carboxylic acid groups (broad SMARTS) is 1. The van der Waals surface area contributed by atoms with Crippen LogP contribution in [0.3, 0.4) is 0 Å². The Morgan fingerprint density at radius 1 is 1.44 bits per heavy atom. The number of nitrogens with one attached hydrogen (secondary N) is 2. The van der Waals surface area contributed by atoms with Crippen LogP contribution in [0.5, 0.6) is 0 Å². The van der Waals surface area contributed by atoms with E-state index in [0.717, 1.165) is 0 Å². The summed E-state index contributed by atoms with van der Waals surface area (Å²) in [5.41, 5.74) is 0. The summed E-state index contributed by atoms with van der Waals surface area (Å²) in [4.78, 5) is 34.8. The van der Waals surface area contributed by atoms with Crippen LogP contribution in [0, 0.1) is 0 Å². The van der Waals surface area contributed by atoms with Gasteiger partial charge in [-0.25, -0.2) is 4.79 Å². The van der Waals surface area contributed by atoms with Crippen molar-refractivity contribution in [1.29, 1.82) is 0 Å². The fraction of sp³-hybridized carbons (Fsp3) is 0.700. The molecule has 18 heavy (non-hydrogen) atoms. The molecule has 1 aliphatic heterocycles. The van der Waals surface area contributed by atoms with Gasteiger partial charge in [-0.1, -0.05) is 0 Å². The topological polar surface area (TPSA) is 108 Å². The second kappa shape index (κ2) is 6.92. The first kappa shape index (κ1) is 14.4. The minimum absolute atomic E-state index is 0.0667. The molecule has 3 amide bonds. The van der Waals surface area contributed by atoms with Crippen LogP contribution in [0.1, 0.15) is 6.42 Å². The third kappa shape index (κ3) is 4.30. The first-order valence-electron chi connectivity index (χ1n) is 5.60. The van der Waals surface area contributed by atoms with Gasteiger partial charge in [0.15, 0.2) is 0 Å². The van der Waals surface area contributed by atoms with Gasteiger partial charge < -0.3 is 15.2 Å². The van der Waals surface area contributed by atoms with Crippen molar-refractivity contribution in [3.05, 3.63) is 0 Å². The van der Waals surface area contributed by atoms with Crippen molar-refractivity contribution in [1.82, 2.24) is 15.5 Å². The van der Waals surface area contributed by atoms with Crippen molar-refractivity contribution in [3.8, 4) is 0 Å². The molecule has 1 fully saturated rings. The number of urea groups is 1. The van der Waals surface area contributed by atoms with Crippen LogP contribution < -0.4 is 10.6 Å². The number of amides is 3. The molecule has 0 aromatic carbocycles. The number of carboxylic acids is 1. The molecule has 0 spiro atoms. The fourth-order valence-corrected chi connectivity index (χ4v) is 1.63. The number of aliphatic carboxylic acids is 1. The smallest absolute Gasteiger partial charge is 0.323 e. The number of carbonyl (C=O) groups is 3. The third-order valence-corrected chi connectivity index (χ3v) is 2.63. The van der Waals surface area contributed by atoms with Crippen molar-refractivity contribution in [2.45, 2.75) is 12.5 Å². The number of ether oxygens (including phenoxy) is 1. The van der Waals surface area contributed by atoms with Crippen LogP contribution in [0.15, 0.2) is 0 Å². The molecule has 8 nitrogen and oxygen atoms in total. The average Bonchev–Trinajstić information content (AvgIpc) is 2.36. The Balaban J connectivity index is 2.38. The molecule has 0 radical (unpaired) electrons. The van der Waals surface area contributed by atoms with Crippen molar-refractivity contribution in [3.63, 3.8) is 0 Å². The summed E-state index contributed by atoms with van der Waals surface area (Å²) >= 11 is 0. The highest BCUT2D eigenvalue weighted by molar-refractivity contribution is 5.94. The van der Waals surface area contributed by atoms with Gasteiger partial charge in [-0.15, -0.1) is 0 Å². The lowest BCUT2D eigenvalue weighted by atomic mass is 10.2. The second-order valence-corrected chi connectivity index (χ2v) is 3.84. The summed E-state index contributed by atoms with van der Waals surface area (Å²) in [5.74, 6) is -1.41. The number of rotatable bonds is 4. The van der Waals surface area contributed by atoms with Gasteiger partial charge in [0.05, 0.1) is 13.2 Å². The number of morpholine rings is 1. The van der Waals surface area contributed by atoms with Gasteiger partial charge in [0, 0.05) is 26.6 Å². The molecule has 0 aromatic rings. The zero-order chi connectivity index (χ0) is 13.5. The van der Waals surface area contributed by atoms with E-state index in [-0.39, 0.29) is 19.6 Å². The summed E-state index contributed by atoms with van der Waals surface area (Å²) in [6, 6.07) is -1.30. The summed E-state index contributed by atoms with van der Waals surface area (Å²) in [5, 5.41) is 13.4. The molecular weight excluding hydrogens is 242 g/mol. The van der Waals surface area contributed by atoms with Crippen LogP contribution in [0.2, 0.25) is 0 Å². The van der Waals surface area contributed by atoms with Crippen molar-refractivity contribution in [2.24, 2.45) is 0 Å². The maximum Gasteiger partial charge on any atom is 0.323 e. The van der Waals surface area contributed by atoms with Crippen LogP contribution >= 0.6 is 0 Å². The van der Waals surface area contributed by atoms with E-state index in [1.54, 1.807) is 4.90 Å². The van der Waals surface area contributed by atoms with Crippen LogP contribution in [-0.4, -0.2) is 67.3 Å². The Hall–Kier alpha value is -1.67. The molecule has 1 unspecified atom stereocenters. The average molecular weight is 259 g/mol. The lowest BCUT2D eigenvalue weighted by Crippen LogP contribution is -2.51. The van der Waals surface area contributed by atoms with Crippen LogP contribution in [-0.2, 0) is 14.3 Å². The molecular formula is C10H17N3O5. The Bertz CT molecular complexity index is 333. The van der Waals surface area contributed by atoms with Crippen LogP contribution in [0.4, 0.5) is 4.79 Å². The van der Waals surface area contributed by atoms with Gasteiger partial charge in [0.1, 0.15) is 6.04 Å². The van der Waals surface area contributed by atoms with Gasteiger partial charge in [-0.05, 0) is 0 Å². The number of hydrogen-bond acceptors (Lipinski definition) is 5. The second-order valence-electron chi connectivity index (χ2n) is 3.84. The van der Waals surface area contributed by atoms with E-state index in [1.165, 1.54) is 7.05 Å². The largest absolute Gasteiger partial charge is 0.480 e. The molecule has 1 aliphatic rings. The van der Waals surface area contributed by atoms with Gasteiger partial charge in [0.2, 0.25) is 5.91 Å². The molecule has 0 saturated carbocycles. The molecule has 3 N–H and O–H groups in total. The highest BCUT2D eigenvalue weighted by atomic mass is 16.5. The Morgan fingerprint density at radius 3 is 2.78 bits per heavy atom. The molecule has 8 heteroatoms. The molecule has 1 rings (SSSR count). The SMILES string of the molecule is CNC(=O)NC(=O)CCN1CCOCC1C(=O)O. The number of carbonyl (C=O) groups excluding carboxylic acids is 2. The first-order valence-corrected chi connectivity index (χ1v) is 5.60. The summed E-state index contributed by atoms with van der Waals surface area (Å²) < 4.78 is 5.08. The van der Waals surface area contributed by atoms with Gasteiger partial charge >= 0.3 is 12.0 Å². The predicted molar refractivity (Wildman–Crippen MR) is 61.0 cm³/mol. The zero-order valence-corrected chi connectivity index (χ0v) is 10.1. The maximum atomic E-state index is 11.4. The summed E-state index contributed by atoms with van der Waals surface area (Å²) in [6.07, 6.45) is 0.0667. The Morgan fingerprint density at radius 2 is 2.17 bits per heavy atom. The van der Waals surface area contributed by atoms with Gasteiger partial charge in [-0.2, -0.15) is 0 Å². The van der Waals surface area contributed by atoms with Crippen LogP contribution in [0.25, 0.3) is 0 Å². The lowest BCUT2D eigenvalue weighted by Gasteiger charge is -2.32. The van der Waals surface area contributed by atoms with Gasteiger partial charge in [0.25, 0.3) is 0 Å². The third-order valence-electron chi connectivity index (χ3n) is 2.63. The summed E-state index contributed by atoms with van der Waals surface area (Å²) in [6.45, 7) is 1.31. The Kier molecular flexibility index (Phi) is 5.53. The maximum absolute atomic E-state index is 11.4. The monoisotopic (exact) mass is 259 g/mol.